The number of rotatable bonds is 1. The first-order chi connectivity index (χ1) is 5.23. The van der Waals surface area contributed by atoms with Crippen LogP contribution in [0, 0.1) is 5.92 Å². The Morgan fingerprint density at radius 1 is 1.82 bits per heavy atom. The van der Waals surface area contributed by atoms with Gasteiger partial charge in [-0.2, -0.15) is 4.98 Å². The summed E-state index contributed by atoms with van der Waals surface area (Å²) < 4.78 is 4.64. The Kier molecular flexibility index (Phi) is 1.26. The summed E-state index contributed by atoms with van der Waals surface area (Å²) in [7, 11) is 0. The molecule has 0 aromatic carbocycles. The van der Waals surface area contributed by atoms with Gasteiger partial charge in [0.05, 0.1) is 5.54 Å². The molecule has 2 rings (SSSR count). The molecule has 0 aliphatic heterocycles. The predicted octanol–water partition coefficient (Wildman–Crippen LogP) is 0.654. The molecular weight excluding hydrogens is 142 g/mol. The summed E-state index contributed by atoms with van der Waals surface area (Å²) in [5.74, 6) is 1.12. The number of hydrogen-bond acceptors (Lipinski definition) is 4. The van der Waals surface area contributed by atoms with Crippen LogP contribution in [0.4, 0.5) is 0 Å². The van der Waals surface area contributed by atoms with Gasteiger partial charge in [0, 0.05) is 0 Å². The highest BCUT2D eigenvalue weighted by atomic mass is 16.5. The van der Waals surface area contributed by atoms with Crippen LogP contribution in [0.2, 0.25) is 0 Å². The molecule has 1 saturated carbocycles. The van der Waals surface area contributed by atoms with Gasteiger partial charge in [-0.25, -0.2) is 0 Å². The molecule has 1 aliphatic carbocycles. The van der Waals surface area contributed by atoms with Crippen molar-refractivity contribution in [2.24, 2.45) is 11.7 Å². The number of hydrogen-bond donors (Lipinski definition) is 1. The second-order valence-electron chi connectivity index (χ2n) is 3.23. The lowest BCUT2D eigenvalue weighted by Crippen LogP contribution is -2.51. The van der Waals surface area contributed by atoms with E-state index in [9.17, 15) is 0 Å². The van der Waals surface area contributed by atoms with Gasteiger partial charge in [-0.05, 0) is 18.8 Å². The van der Waals surface area contributed by atoms with E-state index in [0.717, 1.165) is 12.8 Å². The van der Waals surface area contributed by atoms with Gasteiger partial charge in [0.1, 0.15) is 0 Å². The normalized spacial score (nSPS) is 36.7. The number of aromatic nitrogens is 2. The molecule has 1 aliphatic rings. The highest BCUT2D eigenvalue weighted by Gasteiger charge is 2.45. The number of nitrogens with zero attached hydrogens (tertiary/aromatic N) is 2. The topological polar surface area (TPSA) is 64.9 Å². The molecule has 0 saturated heterocycles. The Hall–Kier alpha value is -0.900. The highest BCUT2D eigenvalue weighted by molar-refractivity contribution is 5.10. The van der Waals surface area contributed by atoms with E-state index >= 15 is 0 Å². The summed E-state index contributed by atoms with van der Waals surface area (Å²) in [4.78, 5) is 3.96. The minimum Gasteiger partial charge on any atom is -0.343 e. The van der Waals surface area contributed by atoms with E-state index in [1.165, 1.54) is 6.39 Å². The maximum Gasteiger partial charge on any atom is 0.213 e. The second-order valence-corrected chi connectivity index (χ2v) is 3.23. The first-order valence-electron chi connectivity index (χ1n) is 3.79. The molecule has 4 nitrogen and oxygen atoms in total. The van der Waals surface area contributed by atoms with E-state index in [-0.39, 0.29) is 5.54 Å². The third kappa shape index (κ3) is 0.790. The van der Waals surface area contributed by atoms with Gasteiger partial charge >= 0.3 is 0 Å². The first-order valence-corrected chi connectivity index (χ1v) is 3.79. The van der Waals surface area contributed by atoms with Crippen molar-refractivity contribution in [3.63, 3.8) is 0 Å². The van der Waals surface area contributed by atoms with Crippen LogP contribution in [-0.4, -0.2) is 10.1 Å². The smallest absolute Gasteiger partial charge is 0.213 e. The molecule has 11 heavy (non-hydrogen) atoms. The van der Waals surface area contributed by atoms with Gasteiger partial charge < -0.3 is 10.3 Å². The Morgan fingerprint density at radius 2 is 2.64 bits per heavy atom. The summed E-state index contributed by atoms with van der Waals surface area (Å²) in [6.07, 6.45) is 3.45. The van der Waals surface area contributed by atoms with E-state index in [0.29, 0.717) is 11.7 Å². The van der Waals surface area contributed by atoms with Crippen molar-refractivity contribution in [3.05, 3.63) is 12.2 Å². The van der Waals surface area contributed by atoms with Crippen LogP contribution in [0.25, 0.3) is 0 Å². The Bertz CT molecular complexity index is 246. The maximum atomic E-state index is 6.03. The number of nitrogens with two attached hydrogens (primary N) is 1. The monoisotopic (exact) mass is 153 g/mol. The molecule has 1 aromatic heterocycles. The Balaban J connectivity index is 2.28. The van der Waals surface area contributed by atoms with Gasteiger partial charge in [-0.1, -0.05) is 12.1 Å². The fourth-order valence-electron chi connectivity index (χ4n) is 1.45. The predicted molar refractivity (Wildman–Crippen MR) is 38.6 cm³/mol. The van der Waals surface area contributed by atoms with Crippen molar-refractivity contribution >= 4 is 0 Å². The van der Waals surface area contributed by atoms with Crippen molar-refractivity contribution < 1.29 is 4.52 Å². The zero-order valence-corrected chi connectivity index (χ0v) is 6.45. The zero-order chi connectivity index (χ0) is 7.90. The fraction of sp³-hybridized carbons (Fsp3) is 0.714. The molecule has 1 fully saturated rings. The van der Waals surface area contributed by atoms with Crippen molar-refractivity contribution in [3.8, 4) is 0 Å². The van der Waals surface area contributed by atoms with E-state index < -0.39 is 0 Å². The fourth-order valence-corrected chi connectivity index (χ4v) is 1.45. The first kappa shape index (κ1) is 6.79. The van der Waals surface area contributed by atoms with Crippen LogP contribution >= 0.6 is 0 Å². The van der Waals surface area contributed by atoms with Gasteiger partial charge in [0.2, 0.25) is 6.39 Å². The summed E-state index contributed by atoms with van der Waals surface area (Å²) >= 11 is 0. The highest BCUT2D eigenvalue weighted by Crippen LogP contribution is 2.42. The largest absolute Gasteiger partial charge is 0.343 e. The molecule has 2 atom stereocenters. The molecule has 0 radical (unpaired) electrons. The summed E-state index contributed by atoms with van der Waals surface area (Å²) in [6.45, 7) is 2.11. The van der Waals surface area contributed by atoms with Gasteiger partial charge in [-0.3, -0.25) is 0 Å². The molecule has 60 valence electrons. The third-order valence-electron chi connectivity index (χ3n) is 2.65. The minimum atomic E-state index is -0.312. The van der Waals surface area contributed by atoms with Crippen LogP contribution in [-0.2, 0) is 5.54 Å². The Morgan fingerprint density at radius 3 is 3.00 bits per heavy atom. The second kappa shape index (κ2) is 2.04. The molecule has 1 heterocycles. The molecule has 2 unspecified atom stereocenters. The van der Waals surface area contributed by atoms with Crippen molar-refractivity contribution in [2.75, 3.05) is 0 Å². The van der Waals surface area contributed by atoms with Crippen LogP contribution in [0.3, 0.4) is 0 Å². The Labute approximate surface area is 64.8 Å². The molecular formula is C7H11N3O. The quantitative estimate of drug-likeness (QED) is 0.643. The van der Waals surface area contributed by atoms with Crippen LogP contribution in [0.15, 0.2) is 10.9 Å². The standard InChI is InChI=1S/C7H11N3O/c1-5-2-3-7(5,8)6-9-4-11-10-6/h4-5H,2-3,8H2,1H3. The minimum absolute atomic E-state index is 0.312. The van der Waals surface area contributed by atoms with Crippen LogP contribution in [0.5, 0.6) is 0 Å². The van der Waals surface area contributed by atoms with E-state index in [2.05, 4.69) is 21.6 Å². The van der Waals surface area contributed by atoms with Crippen molar-refractivity contribution in [1.82, 2.24) is 10.1 Å². The van der Waals surface area contributed by atoms with Gasteiger partial charge in [-0.15, -0.1) is 0 Å². The third-order valence-corrected chi connectivity index (χ3v) is 2.65. The maximum absolute atomic E-state index is 6.03. The van der Waals surface area contributed by atoms with E-state index in [1.54, 1.807) is 0 Å². The molecule has 2 N–H and O–H groups in total. The summed E-state index contributed by atoms with van der Waals surface area (Å²) in [5.41, 5.74) is 5.71. The van der Waals surface area contributed by atoms with E-state index in [1.807, 2.05) is 0 Å². The zero-order valence-electron chi connectivity index (χ0n) is 6.45. The van der Waals surface area contributed by atoms with Gasteiger partial charge in [0.25, 0.3) is 0 Å². The summed E-state index contributed by atoms with van der Waals surface area (Å²) in [6, 6.07) is 0. The molecule has 1 aromatic rings. The van der Waals surface area contributed by atoms with E-state index in [4.69, 9.17) is 5.73 Å². The average molecular weight is 153 g/mol. The lowest BCUT2D eigenvalue weighted by Gasteiger charge is -2.42. The van der Waals surface area contributed by atoms with Crippen molar-refractivity contribution in [1.29, 1.82) is 0 Å². The molecule has 4 heteroatoms. The summed E-state index contributed by atoms with van der Waals surface area (Å²) in [5, 5.41) is 3.75. The lowest BCUT2D eigenvalue weighted by atomic mass is 9.68. The van der Waals surface area contributed by atoms with Gasteiger partial charge in [0.15, 0.2) is 5.82 Å². The molecule has 0 amide bonds. The molecule has 0 bridgehead atoms. The molecule has 0 spiro atoms. The van der Waals surface area contributed by atoms with Crippen molar-refractivity contribution in [2.45, 2.75) is 25.3 Å². The average Bonchev–Trinajstić information content (AvgIpc) is 2.52. The lowest BCUT2D eigenvalue weighted by molar-refractivity contribution is 0.130. The van der Waals surface area contributed by atoms with Crippen LogP contribution in [0.1, 0.15) is 25.6 Å². The van der Waals surface area contributed by atoms with Crippen LogP contribution < -0.4 is 5.73 Å². The SMILES string of the molecule is CC1CCC1(N)c1ncon1.